The molecule has 1 aliphatic rings. The molecule has 2 rings (SSSR count). The minimum atomic E-state index is -0.658. The van der Waals surface area contributed by atoms with Crippen molar-refractivity contribution in [1.82, 2.24) is 5.32 Å². The normalized spacial score (nSPS) is 19.0. The molecular weight excluding hydrogens is 290 g/mol. The zero-order chi connectivity index (χ0) is 15.6. The van der Waals surface area contributed by atoms with Crippen molar-refractivity contribution in [3.63, 3.8) is 0 Å². The second-order valence-corrected chi connectivity index (χ2v) is 6.32. The van der Waals surface area contributed by atoms with E-state index in [9.17, 15) is 9.59 Å². The largest absolute Gasteiger partial charge is 0.349 e. The molecule has 2 amide bonds. The fourth-order valence-electron chi connectivity index (χ4n) is 2.30. The molecular formula is C15H20ClN3O2. The van der Waals surface area contributed by atoms with Crippen LogP contribution in [-0.2, 0) is 9.59 Å². The lowest BCUT2D eigenvalue weighted by molar-refractivity contribution is -0.133. The van der Waals surface area contributed by atoms with Crippen molar-refractivity contribution in [3.8, 4) is 0 Å². The number of hydrogen-bond donors (Lipinski definition) is 2. The predicted molar refractivity (Wildman–Crippen MR) is 83.2 cm³/mol. The van der Waals surface area contributed by atoms with Crippen LogP contribution in [0.4, 0.5) is 5.69 Å². The van der Waals surface area contributed by atoms with E-state index in [4.69, 9.17) is 17.3 Å². The van der Waals surface area contributed by atoms with Crippen LogP contribution < -0.4 is 16.0 Å². The molecule has 1 atom stereocenters. The third-order valence-corrected chi connectivity index (χ3v) is 3.85. The maximum atomic E-state index is 12.4. The van der Waals surface area contributed by atoms with Gasteiger partial charge in [0, 0.05) is 29.3 Å². The SMILES string of the molecule is CC(C)(CN)NC(=O)C1CCN(c2cccc(Cl)c2)C1=O. The maximum absolute atomic E-state index is 12.4. The number of nitrogens with zero attached hydrogens (tertiary/aromatic N) is 1. The molecule has 0 aromatic heterocycles. The molecule has 21 heavy (non-hydrogen) atoms. The van der Waals surface area contributed by atoms with Gasteiger partial charge in [0.25, 0.3) is 0 Å². The Labute approximate surface area is 129 Å². The van der Waals surface area contributed by atoms with Gasteiger partial charge in [-0.25, -0.2) is 0 Å². The van der Waals surface area contributed by atoms with E-state index in [0.717, 1.165) is 5.69 Å². The van der Waals surface area contributed by atoms with Crippen LogP contribution in [0.15, 0.2) is 24.3 Å². The van der Waals surface area contributed by atoms with Crippen molar-refractivity contribution in [2.75, 3.05) is 18.0 Å². The third kappa shape index (κ3) is 3.54. The van der Waals surface area contributed by atoms with Crippen LogP contribution >= 0.6 is 11.6 Å². The average Bonchev–Trinajstić information content (AvgIpc) is 2.80. The van der Waals surface area contributed by atoms with Crippen LogP contribution in [0.3, 0.4) is 0 Å². The Bertz CT molecular complexity index is 560. The topological polar surface area (TPSA) is 75.4 Å². The Morgan fingerprint density at radius 3 is 2.86 bits per heavy atom. The fourth-order valence-corrected chi connectivity index (χ4v) is 2.48. The highest BCUT2D eigenvalue weighted by Gasteiger charge is 2.39. The Balaban J connectivity index is 2.10. The van der Waals surface area contributed by atoms with Crippen LogP contribution in [-0.4, -0.2) is 30.4 Å². The van der Waals surface area contributed by atoms with Gasteiger partial charge < -0.3 is 16.0 Å². The van der Waals surface area contributed by atoms with Gasteiger partial charge in [0.15, 0.2) is 0 Å². The van der Waals surface area contributed by atoms with Crippen molar-refractivity contribution < 1.29 is 9.59 Å². The Morgan fingerprint density at radius 2 is 2.24 bits per heavy atom. The molecule has 0 radical (unpaired) electrons. The molecule has 1 fully saturated rings. The van der Waals surface area contributed by atoms with Gasteiger partial charge in [-0.3, -0.25) is 9.59 Å². The third-order valence-electron chi connectivity index (χ3n) is 3.61. The van der Waals surface area contributed by atoms with E-state index < -0.39 is 11.5 Å². The summed E-state index contributed by atoms with van der Waals surface area (Å²) in [6.07, 6.45) is 0.498. The van der Waals surface area contributed by atoms with Crippen molar-refractivity contribution in [3.05, 3.63) is 29.3 Å². The highest BCUT2D eigenvalue weighted by atomic mass is 35.5. The summed E-state index contributed by atoms with van der Waals surface area (Å²) in [5.74, 6) is -1.11. The molecule has 6 heteroatoms. The van der Waals surface area contributed by atoms with Gasteiger partial charge in [0.2, 0.25) is 11.8 Å². The van der Waals surface area contributed by atoms with Gasteiger partial charge in [-0.2, -0.15) is 0 Å². The molecule has 0 spiro atoms. The van der Waals surface area contributed by atoms with E-state index >= 15 is 0 Å². The smallest absolute Gasteiger partial charge is 0.239 e. The lowest BCUT2D eigenvalue weighted by atomic mass is 10.0. The van der Waals surface area contributed by atoms with E-state index in [1.165, 1.54) is 0 Å². The van der Waals surface area contributed by atoms with Gasteiger partial charge in [0.1, 0.15) is 5.92 Å². The highest BCUT2D eigenvalue weighted by molar-refractivity contribution is 6.31. The van der Waals surface area contributed by atoms with Crippen molar-refractivity contribution >= 4 is 29.1 Å². The number of hydrogen-bond acceptors (Lipinski definition) is 3. The lowest BCUT2D eigenvalue weighted by Gasteiger charge is -2.25. The van der Waals surface area contributed by atoms with Crippen molar-refractivity contribution in [1.29, 1.82) is 0 Å². The fraction of sp³-hybridized carbons (Fsp3) is 0.467. The standard InChI is InChI=1S/C15H20ClN3O2/c1-15(2,9-17)18-13(20)12-6-7-19(14(12)21)11-5-3-4-10(16)8-11/h3-5,8,12H,6-7,9,17H2,1-2H3,(H,18,20). The van der Waals surface area contributed by atoms with Crippen LogP contribution in [0.2, 0.25) is 5.02 Å². The summed E-state index contributed by atoms with van der Waals surface area (Å²) in [4.78, 5) is 26.3. The Kier molecular flexibility index (Phi) is 4.54. The maximum Gasteiger partial charge on any atom is 0.239 e. The number of carbonyl (C=O) groups excluding carboxylic acids is 2. The number of rotatable bonds is 4. The quantitative estimate of drug-likeness (QED) is 0.829. The summed E-state index contributed by atoms with van der Waals surface area (Å²) in [7, 11) is 0. The first-order valence-corrected chi connectivity index (χ1v) is 7.31. The van der Waals surface area contributed by atoms with Gasteiger partial charge >= 0.3 is 0 Å². The van der Waals surface area contributed by atoms with Crippen molar-refractivity contribution in [2.45, 2.75) is 25.8 Å². The molecule has 1 unspecified atom stereocenters. The molecule has 1 saturated heterocycles. The second-order valence-electron chi connectivity index (χ2n) is 5.89. The van der Waals surface area contributed by atoms with E-state index in [-0.39, 0.29) is 11.8 Å². The molecule has 1 heterocycles. The average molecular weight is 310 g/mol. The summed E-state index contributed by atoms with van der Waals surface area (Å²) >= 11 is 5.94. The van der Waals surface area contributed by atoms with E-state index in [0.29, 0.717) is 24.5 Å². The predicted octanol–water partition coefficient (Wildman–Crippen LogP) is 1.55. The molecule has 3 N–H and O–H groups in total. The van der Waals surface area contributed by atoms with E-state index in [1.807, 2.05) is 19.9 Å². The van der Waals surface area contributed by atoms with Crippen LogP contribution in [0.1, 0.15) is 20.3 Å². The summed E-state index contributed by atoms with van der Waals surface area (Å²) < 4.78 is 0. The Hall–Kier alpha value is -1.59. The second kappa shape index (κ2) is 6.03. The highest BCUT2D eigenvalue weighted by Crippen LogP contribution is 2.27. The first-order valence-electron chi connectivity index (χ1n) is 6.93. The molecule has 0 saturated carbocycles. The molecule has 0 bridgehead atoms. The first-order chi connectivity index (χ1) is 9.84. The number of nitrogens with two attached hydrogens (primary N) is 1. The monoisotopic (exact) mass is 309 g/mol. The van der Waals surface area contributed by atoms with E-state index in [2.05, 4.69) is 5.32 Å². The zero-order valence-corrected chi connectivity index (χ0v) is 13.0. The van der Waals surface area contributed by atoms with Crippen LogP contribution in [0.25, 0.3) is 0 Å². The summed E-state index contributed by atoms with van der Waals surface area (Å²) in [6, 6.07) is 7.08. The number of halogens is 1. The summed E-state index contributed by atoms with van der Waals surface area (Å²) in [5.41, 5.74) is 5.81. The molecule has 5 nitrogen and oxygen atoms in total. The number of amides is 2. The molecule has 1 aliphatic heterocycles. The van der Waals surface area contributed by atoms with Gasteiger partial charge in [-0.05, 0) is 38.5 Å². The molecule has 1 aromatic rings. The van der Waals surface area contributed by atoms with Gasteiger partial charge in [-0.15, -0.1) is 0 Å². The summed E-state index contributed by atoms with van der Waals surface area (Å²) in [6.45, 7) is 4.50. The lowest BCUT2D eigenvalue weighted by Crippen LogP contribution is -2.51. The van der Waals surface area contributed by atoms with Crippen LogP contribution in [0.5, 0.6) is 0 Å². The summed E-state index contributed by atoms with van der Waals surface area (Å²) in [5, 5.41) is 3.39. The van der Waals surface area contributed by atoms with Crippen LogP contribution in [0, 0.1) is 5.92 Å². The molecule has 0 aliphatic carbocycles. The minimum absolute atomic E-state index is 0.192. The van der Waals surface area contributed by atoms with Crippen molar-refractivity contribution in [2.24, 2.45) is 11.7 Å². The van der Waals surface area contributed by atoms with Gasteiger partial charge in [0.05, 0.1) is 0 Å². The zero-order valence-electron chi connectivity index (χ0n) is 12.2. The Morgan fingerprint density at radius 1 is 1.52 bits per heavy atom. The molecule has 1 aromatic carbocycles. The van der Waals surface area contributed by atoms with E-state index in [1.54, 1.807) is 23.1 Å². The minimum Gasteiger partial charge on any atom is -0.349 e. The van der Waals surface area contributed by atoms with Gasteiger partial charge in [-0.1, -0.05) is 17.7 Å². The molecule has 114 valence electrons. The number of nitrogens with one attached hydrogen (secondary N) is 1. The first kappa shape index (κ1) is 15.8. The number of benzene rings is 1. The number of anilines is 1. The number of carbonyl (C=O) groups is 2.